The molecule has 2 aliphatic heterocycles. The van der Waals surface area contributed by atoms with Crippen molar-refractivity contribution in [3.8, 4) is 16.9 Å². The molecule has 6 rings (SSSR count). The molecule has 4 heterocycles. The largest absolute Gasteiger partial charge is 0.357 e. The Balaban J connectivity index is 0.00000353. The third-order valence-corrected chi connectivity index (χ3v) is 8.11. The van der Waals surface area contributed by atoms with Gasteiger partial charge in [0.15, 0.2) is 5.15 Å². The van der Waals surface area contributed by atoms with Gasteiger partial charge in [0.25, 0.3) is 5.56 Å². The van der Waals surface area contributed by atoms with E-state index in [0.29, 0.717) is 35.1 Å². The van der Waals surface area contributed by atoms with Crippen LogP contribution in [0.4, 0.5) is 5.69 Å². The van der Waals surface area contributed by atoms with Crippen LogP contribution in [0.5, 0.6) is 0 Å². The lowest BCUT2D eigenvalue weighted by Gasteiger charge is -2.37. The van der Waals surface area contributed by atoms with Crippen LogP contribution in [0.2, 0.25) is 10.2 Å². The molecule has 2 N–H and O–H groups in total. The number of nitrogens with zero attached hydrogens (tertiary/aromatic N) is 6. The van der Waals surface area contributed by atoms with Gasteiger partial charge in [-0.1, -0.05) is 53.4 Å². The summed E-state index contributed by atoms with van der Waals surface area (Å²) in [4.78, 5) is 33.6. The number of hydrogen-bond acceptors (Lipinski definition) is 7. The van der Waals surface area contributed by atoms with Gasteiger partial charge in [-0.2, -0.15) is 0 Å². The van der Waals surface area contributed by atoms with Gasteiger partial charge in [-0.05, 0) is 48.7 Å². The van der Waals surface area contributed by atoms with Crippen LogP contribution in [0.15, 0.2) is 65.8 Å². The monoisotopic (exact) mass is 628 g/mol. The number of carbonyl (C=O) groups excluding carboxylic acids is 1. The highest BCUT2D eigenvalue weighted by Crippen LogP contribution is 2.31. The second-order valence-corrected chi connectivity index (χ2v) is 11.2. The molecule has 220 valence electrons. The molecule has 2 atom stereocenters. The lowest BCUT2D eigenvalue weighted by atomic mass is 9.98. The van der Waals surface area contributed by atoms with Crippen molar-refractivity contribution in [2.45, 2.75) is 37.8 Å². The number of amides is 1. The van der Waals surface area contributed by atoms with E-state index in [1.165, 1.54) is 10.7 Å². The molecule has 0 saturated carbocycles. The third kappa shape index (κ3) is 6.32. The minimum Gasteiger partial charge on any atom is -0.357 e. The number of piperazine rings is 1. The zero-order valence-corrected chi connectivity index (χ0v) is 25.1. The average molecular weight is 630 g/mol. The summed E-state index contributed by atoms with van der Waals surface area (Å²) in [5, 5.41) is 15.1. The number of benzene rings is 2. The molecule has 10 nitrogen and oxygen atoms in total. The molecule has 13 heteroatoms. The molecule has 0 radical (unpaired) electrons. The molecule has 42 heavy (non-hydrogen) atoms. The SMILES string of the molecule is Cl.O=C1NCCCCC[C@H](n2cnc(-c3cc(Cl)ccc3-n3cc(Cl)nn3)cc2=O)c2cccc(c2)N2CCNC[C@@H]12. The molecular weight excluding hydrogens is 599 g/mol. The molecule has 2 aromatic carbocycles. The predicted octanol–water partition coefficient (Wildman–Crippen LogP) is 4.28. The maximum atomic E-state index is 13.7. The summed E-state index contributed by atoms with van der Waals surface area (Å²) in [6, 6.07) is 14.5. The Bertz CT molecular complexity index is 1620. The summed E-state index contributed by atoms with van der Waals surface area (Å²) in [5.41, 5.74) is 3.58. The smallest absolute Gasteiger partial charge is 0.254 e. The fourth-order valence-corrected chi connectivity index (χ4v) is 5.96. The number of hydrogen-bond donors (Lipinski definition) is 2. The van der Waals surface area contributed by atoms with E-state index in [-0.39, 0.29) is 41.1 Å². The summed E-state index contributed by atoms with van der Waals surface area (Å²) in [7, 11) is 0. The van der Waals surface area contributed by atoms with E-state index in [1.54, 1.807) is 35.3 Å². The molecular formula is C29H31Cl3N8O2. The van der Waals surface area contributed by atoms with Crippen LogP contribution in [-0.2, 0) is 4.79 Å². The Morgan fingerprint density at radius 3 is 2.64 bits per heavy atom. The number of carbonyl (C=O) groups is 1. The maximum absolute atomic E-state index is 13.7. The predicted molar refractivity (Wildman–Crippen MR) is 166 cm³/mol. The van der Waals surface area contributed by atoms with Crippen molar-refractivity contribution < 1.29 is 4.79 Å². The van der Waals surface area contributed by atoms with E-state index in [9.17, 15) is 9.59 Å². The van der Waals surface area contributed by atoms with E-state index >= 15 is 0 Å². The molecule has 2 aliphatic rings. The fourth-order valence-electron chi connectivity index (χ4n) is 5.66. The topological polar surface area (TPSA) is 110 Å². The van der Waals surface area contributed by atoms with Crippen molar-refractivity contribution >= 4 is 47.2 Å². The van der Waals surface area contributed by atoms with E-state index in [4.69, 9.17) is 28.2 Å². The molecule has 4 aromatic rings. The van der Waals surface area contributed by atoms with Crippen molar-refractivity contribution in [3.05, 3.63) is 87.1 Å². The van der Waals surface area contributed by atoms with Gasteiger partial charge in [0, 0.05) is 48.5 Å². The highest BCUT2D eigenvalue weighted by atomic mass is 35.5. The molecule has 2 bridgehead atoms. The number of fused-ring (bicyclic) bond motifs is 4. The molecule has 0 spiro atoms. The number of nitrogens with one attached hydrogen (secondary N) is 2. The molecule has 0 aliphatic carbocycles. The van der Waals surface area contributed by atoms with Crippen LogP contribution >= 0.6 is 35.6 Å². The standard InChI is InChI=1S/C29H30Cl2N8O2.ClH/c30-20-8-9-25(39-17-27(31)35-36-39)22(14-20)23-15-28(40)38(18-34-23)24-7-2-1-3-10-33-29(41)26-16-32-11-12-37(26)21-6-4-5-19(24)13-21;/h4-6,8-9,13-15,17-18,24,26,32H,1-3,7,10-12,16H2,(H,33,41);1H/t24-,26-;/m0./s1. The zero-order valence-electron chi connectivity index (χ0n) is 22.7. The van der Waals surface area contributed by atoms with Crippen LogP contribution < -0.4 is 21.1 Å². The fraction of sp³-hybridized carbons (Fsp3) is 0.345. The van der Waals surface area contributed by atoms with Crippen molar-refractivity contribution in [2.24, 2.45) is 0 Å². The number of aromatic nitrogens is 5. The van der Waals surface area contributed by atoms with Crippen molar-refractivity contribution in [3.63, 3.8) is 0 Å². The van der Waals surface area contributed by atoms with Gasteiger partial charge in [-0.15, -0.1) is 17.5 Å². The minimum absolute atomic E-state index is 0. The van der Waals surface area contributed by atoms with Gasteiger partial charge < -0.3 is 15.5 Å². The Morgan fingerprint density at radius 2 is 1.83 bits per heavy atom. The highest BCUT2D eigenvalue weighted by molar-refractivity contribution is 6.31. The van der Waals surface area contributed by atoms with Crippen LogP contribution in [-0.4, -0.2) is 62.7 Å². The summed E-state index contributed by atoms with van der Waals surface area (Å²) in [5.74, 6) is 0.0444. The van der Waals surface area contributed by atoms with Gasteiger partial charge in [0.05, 0.1) is 29.9 Å². The summed E-state index contributed by atoms with van der Waals surface area (Å²) in [6.07, 6.45) is 6.69. The highest BCUT2D eigenvalue weighted by Gasteiger charge is 2.29. The van der Waals surface area contributed by atoms with Crippen molar-refractivity contribution in [1.29, 1.82) is 0 Å². The van der Waals surface area contributed by atoms with Crippen LogP contribution in [0.25, 0.3) is 16.9 Å². The minimum atomic E-state index is -0.284. The van der Waals surface area contributed by atoms with E-state index in [1.807, 2.05) is 12.1 Å². The van der Waals surface area contributed by atoms with Crippen molar-refractivity contribution in [2.75, 3.05) is 31.1 Å². The average Bonchev–Trinajstić information content (AvgIpc) is 3.42. The molecule has 1 saturated heterocycles. The first-order valence-electron chi connectivity index (χ1n) is 13.8. The van der Waals surface area contributed by atoms with Gasteiger partial charge in [-0.25, -0.2) is 9.67 Å². The van der Waals surface area contributed by atoms with Gasteiger partial charge in [0.2, 0.25) is 5.91 Å². The summed E-state index contributed by atoms with van der Waals surface area (Å²) < 4.78 is 3.24. The second-order valence-electron chi connectivity index (χ2n) is 10.3. The number of rotatable bonds is 3. The molecule has 1 amide bonds. The van der Waals surface area contributed by atoms with Crippen LogP contribution in [0, 0.1) is 0 Å². The lowest BCUT2D eigenvalue weighted by molar-refractivity contribution is -0.122. The zero-order chi connectivity index (χ0) is 28.3. The normalized spacial score (nSPS) is 19.4. The van der Waals surface area contributed by atoms with Gasteiger partial charge in [0.1, 0.15) is 6.04 Å². The number of halogens is 3. The number of anilines is 1. The summed E-state index contributed by atoms with van der Waals surface area (Å²) >= 11 is 12.3. The van der Waals surface area contributed by atoms with Gasteiger partial charge >= 0.3 is 0 Å². The first-order valence-corrected chi connectivity index (χ1v) is 14.5. The van der Waals surface area contributed by atoms with Gasteiger partial charge in [-0.3, -0.25) is 14.2 Å². The molecule has 0 unspecified atom stereocenters. The third-order valence-electron chi connectivity index (χ3n) is 7.70. The lowest BCUT2D eigenvalue weighted by Crippen LogP contribution is -2.58. The maximum Gasteiger partial charge on any atom is 0.254 e. The quantitative estimate of drug-likeness (QED) is 0.348. The van der Waals surface area contributed by atoms with E-state index < -0.39 is 0 Å². The van der Waals surface area contributed by atoms with Crippen molar-refractivity contribution in [1.82, 2.24) is 35.2 Å². The Morgan fingerprint density at radius 1 is 0.952 bits per heavy atom. The Hall–Kier alpha value is -3.44. The molecule has 2 aromatic heterocycles. The van der Waals surface area contributed by atoms with E-state index in [0.717, 1.165) is 50.0 Å². The molecule has 1 fully saturated rings. The van der Waals surface area contributed by atoms with E-state index in [2.05, 4.69) is 38.0 Å². The first kappa shape index (κ1) is 30.0. The second kappa shape index (κ2) is 13.2. The van der Waals surface area contributed by atoms with Crippen LogP contribution in [0.1, 0.15) is 37.3 Å². The Labute approximate surface area is 259 Å². The Kier molecular flexibility index (Phi) is 9.47. The summed E-state index contributed by atoms with van der Waals surface area (Å²) in [6.45, 7) is 2.76. The first-order chi connectivity index (χ1) is 20.0. The van der Waals surface area contributed by atoms with Crippen LogP contribution in [0.3, 0.4) is 0 Å².